The van der Waals surface area contributed by atoms with Crippen LogP contribution in [0.2, 0.25) is 0 Å². The molecule has 1 aromatic carbocycles. The number of benzene rings is 1. The molecule has 31 heavy (non-hydrogen) atoms. The fraction of sp³-hybridized carbons (Fsp3) is 0.273. The predicted octanol–water partition coefficient (Wildman–Crippen LogP) is 3.80. The number of piperidine rings is 1. The lowest BCUT2D eigenvalue weighted by atomic mass is 10.1. The van der Waals surface area contributed by atoms with E-state index in [4.69, 9.17) is 4.42 Å². The van der Waals surface area contributed by atoms with E-state index in [0.717, 1.165) is 37.4 Å². The highest BCUT2D eigenvalue weighted by molar-refractivity contribution is 6.07. The van der Waals surface area contributed by atoms with Gasteiger partial charge >= 0.3 is 0 Å². The number of nitrogens with zero attached hydrogens (tertiary/aromatic N) is 5. The standard InChI is InChI=1S/C22H23N7O2/c1-15-10-11-18(31-15)19-17(14-29(27-19)16-8-4-2-5-9-16)20(30)23-21-24-22(26-25-21)28-12-6-3-7-13-28/h2,4-5,8-11,14H,3,6-7,12-13H2,1H3,(H2,23,24,25,26,30). The molecular formula is C22H23N7O2. The van der Waals surface area contributed by atoms with Crippen LogP contribution in [0.15, 0.2) is 53.1 Å². The predicted molar refractivity (Wildman–Crippen MR) is 116 cm³/mol. The fourth-order valence-electron chi connectivity index (χ4n) is 3.72. The normalized spacial score (nSPS) is 14.0. The first-order valence-corrected chi connectivity index (χ1v) is 10.4. The number of carbonyl (C=O) groups excluding carboxylic acids is 1. The van der Waals surface area contributed by atoms with Crippen molar-refractivity contribution in [3.63, 3.8) is 0 Å². The van der Waals surface area contributed by atoms with Crippen molar-refractivity contribution in [1.82, 2.24) is 25.0 Å². The molecule has 1 amide bonds. The van der Waals surface area contributed by atoms with Gasteiger partial charge in [-0.1, -0.05) is 18.2 Å². The molecule has 0 radical (unpaired) electrons. The summed E-state index contributed by atoms with van der Waals surface area (Å²) in [6.45, 7) is 3.71. The third-order valence-corrected chi connectivity index (χ3v) is 5.30. The highest BCUT2D eigenvalue weighted by Crippen LogP contribution is 2.26. The average Bonchev–Trinajstić information content (AvgIpc) is 3.54. The van der Waals surface area contributed by atoms with Gasteiger partial charge in [0.1, 0.15) is 11.5 Å². The topological polar surface area (TPSA) is 105 Å². The largest absolute Gasteiger partial charge is 0.460 e. The van der Waals surface area contributed by atoms with Gasteiger partial charge in [-0.2, -0.15) is 10.1 Å². The molecule has 1 saturated heterocycles. The summed E-state index contributed by atoms with van der Waals surface area (Å²) in [7, 11) is 0. The Balaban J connectivity index is 1.44. The van der Waals surface area contributed by atoms with Crippen molar-refractivity contribution in [2.75, 3.05) is 23.3 Å². The van der Waals surface area contributed by atoms with E-state index in [2.05, 4.69) is 30.5 Å². The molecule has 9 heteroatoms. The van der Waals surface area contributed by atoms with Crippen LogP contribution >= 0.6 is 0 Å². The zero-order chi connectivity index (χ0) is 21.2. The lowest BCUT2D eigenvalue weighted by Crippen LogP contribution is -2.30. The van der Waals surface area contributed by atoms with E-state index in [1.165, 1.54) is 6.42 Å². The number of nitrogens with one attached hydrogen (secondary N) is 2. The molecule has 3 aromatic heterocycles. The van der Waals surface area contributed by atoms with Crippen molar-refractivity contribution < 1.29 is 9.21 Å². The monoisotopic (exact) mass is 417 g/mol. The number of anilines is 2. The molecule has 0 saturated carbocycles. The SMILES string of the molecule is Cc1ccc(-c2nn(-c3ccccc3)cc2C(=O)Nc2nc(N3CCCCC3)n[nH]2)o1. The van der Waals surface area contributed by atoms with Crippen LogP contribution in [-0.4, -0.2) is 44.0 Å². The third kappa shape index (κ3) is 3.94. The van der Waals surface area contributed by atoms with E-state index in [0.29, 0.717) is 28.9 Å². The first kappa shape index (κ1) is 19.1. The summed E-state index contributed by atoms with van der Waals surface area (Å²) in [6, 6.07) is 13.3. The van der Waals surface area contributed by atoms with E-state index in [-0.39, 0.29) is 5.91 Å². The minimum Gasteiger partial charge on any atom is -0.460 e. The molecule has 0 bridgehead atoms. The van der Waals surface area contributed by atoms with E-state index in [1.54, 1.807) is 10.9 Å². The number of hydrogen-bond acceptors (Lipinski definition) is 6. The van der Waals surface area contributed by atoms with Gasteiger partial charge in [-0.15, -0.1) is 5.10 Å². The number of aryl methyl sites for hydroxylation is 1. The molecule has 4 aromatic rings. The maximum Gasteiger partial charge on any atom is 0.261 e. The van der Waals surface area contributed by atoms with E-state index < -0.39 is 0 Å². The molecule has 5 rings (SSSR count). The first-order chi connectivity index (χ1) is 15.2. The maximum atomic E-state index is 13.1. The van der Waals surface area contributed by atoms with Crippen LogP contribution in [0.5, 0.6) is 0 Å². The van der Waals surface area contributed by atoms with Gasteiger partial charge in [0.15, 0.2) is 5.76 Å². The van der Waals surface area contributed by atoms with E-state index in [1.807, 2.05) is 49.4 Å². The van der Waals surface area contributed by atoms with Gasteiger partial charge in [-0.05, 0) is 50.5 Å². The number of aromatic nitrogens is 5. The molecule has 0 atom stereocenters. The van der Waals surface area contributed by atoms with Crippen LogP contribution < -0.4 is 10.2 Å². The van der Waals surface area contributed by atoms with E-state index in [9.17, 15) is 4.79 Å². The highest BCUT2D eigenvalue weighted by atomic mass is 16.3. The minimum absolute atomic E-state index is 0.305. The van der Waals surface area contributed by atoms with Crippen molar-refractivity contribution in [2.45, 2.75) is 26.2 Å². The van der Waals surface area contributed by atoms with Crippen molar-refractivity contribution in [3.05, 3.63) is 60.0 Å². The molecular weight excluding hydrogens is 394 g/mol. The fourth-order valence-corrected chi connectivity index (χ4v) is 3.72. The second-order valence-corrected chi connectivity index (χ2v) is 7.57. The Kier molecular flexibility index (Phi) is 4.99. The highest BCUT2D eigenvalue weighted by Gasteiger charge is 2.23. The summed E-state index contributed by atoms with van der Waals surface area (Å²) in [6.07, 6.45) is 5.17. The zero-order valence-corrected chi connectivity index (χ0v) is 17.2. The first-order valence-electron chi connectivity index (χ1n) is 10.4. The maximum absolute atomic E-state index is 13.1. The van der Waals surface area contributed by atoms with Gasteiger partial charge in [0, 0.05) is 19.3 Å². The summed E-state index contributed by atoms with van der Waals surface area (Å²) in [5.74, 6) is 1.85. The van der Waals surface area contributed by atoms with E-state index >= 15 is 0 Å². The van der Waals surface area contributed by atoms with Crippen LogP contribution in [-0.2, 0) is 0 Å². The van der Waals surface area contributed by atoms with Crippen molar-refractivity contribution in [3.8, 4) is 17.1 Å². The van der Waals surface area contributed by atoms with Crippen LogP contribution in [0.3, 0.4) is 0 Å². The summed E-state index contributed by atoms with van der Waals surface area (Å²) in [5.41, 5.74) is 1.69. The molecule has 0 aliphatic carbocycles. The Bertz CT molecular complexity index is 1190. The van der Waals surface area contributed by atoms with Crippen molar-refractivity contribution in [2.24, 2.45) is 0 Å². The van der Waals surface area contributed by atoms with Gasteiger partial charge in [0.2, 0.25) is 11.9 Å². The second-order valence-electron chi connectivity index (χ2n) is 7.57. The molecule has 0 spiro atoms. The number of aromatic amines is 1. The molecule has 158 valence electrons. The van der Waals surface area contributed by atoms with Crippen molar-refractivity contribution >= 4 is 17.8 Å². The number of para-hydroxylation sites is 1. The zero-order valence-electron chi connectivity index (χ0n) is 17.2. The Morgan fingerprint density at radius 2 is 1.90 bits per heavy atom. The number of amides is 1. The Morgan fingerprint density at radius 1 is 1.10 bits per heavy atom. The number of H-pyrrole nitrogens is 1. The van der Waals surface area contributed by atoms with Gasteiger partial charge in [0.05, 0.1) is 11.3 Å². The molecule has 4 heterocycles. The summed E-state index contributed by atoms with van der Waals surface area (Å²) >= 11 is 0. The van der Waals surface area contributed by atoms with Crippen LogP contribution in [0, 0.1) is 6.92 Å². The summed E-state index contributed by atoms with van der Waals surface area (Å²) in [4.78, 5) is 19.7. The summed E-state index contributed by atoms with van der Waals surface area (Å²) in [5, 5.41) is 14.5. The average molecular weight is 417 g/mol. The summed E-state index contributed by atoms with van der Waals surface area (Å²) < 4.78 is 7.41. The van der Waals surface area contributed by atoms with Gasteiger partial charge < -0.3 is 9.32 Å². The Labute approximate surface area is 179 Å². The number of furan rings is 1. The van der Waals surface area contributed by atoms with Crippen LogP contribution in [0.1, 0.15) is 35.4 Å². The minimum atomic E-state index is -0.340. The number of carbonyl (C=O) groups is 1. The number of hydrogen-bond donors (Lipinski definition) is 2. The second kappa shape index (κ2) is 8.10. The van der Waals surface area contributed by atoms with Crippen LogP contribution in [0.25, 0.3) is 17.1 Å². The smallest absolute Gasteiger partial charge is 0.261 e. The van der Waals surface area contributed by atoms with Gasteiger partial charge in [-0.3, -0.25) is 10.1 Å². The third-order valence-electron chi connectivity index (χ3n) is 5.30. The molecule has 1 fully saturated rings. The molecule has 0 unspecified atom stereocenters. The molecule has 9 nitrogen and oxygen atoms in total. The quantitative estimate of drug-likeness (QED) is 0.512. The molecule has 1 aliphatic rings. The molecule has 1 aliphatic heterocycles. The lowest BCUT2D eigenvalue weighted by molar-refractivity contribution is 0.102. The Hall–Kier alpha value is -3.88. The van der Waals surface area contributed by atoms with Gasteiger partial charge in [0.25, 0.3) is 5.91 Å². The van der Waals surface area contributed by atoms with Crippen molar-refractivity contribution in [1.29, 1.82) is 0 Å². The Morgan fingerprint density at radius 3 is 2.65 bits per heavy atom. The van der Waals surface area contributed by atoms with Crippen LogP contribution in [0.4, 0.5) is 11.9 Å². The number of rotatable bonds is 5. The van der Waals surface area contributed by atoms with Gasteiger partial charge in [-0.25, -0.2) is 9.78 Å². The lowest BCUT2D eigenvalue weighted by Gasteiger charge is -2.24. The molecule has 2 N–H and O–H groups in total.